The van der Waals surface area contributed by atoms with E-state index in [2.05, 4.69) is 32.9 Å². The Labute approximate surface area is 102 Å². The van der Waals surface area contributed by atoms with Crippen molar-refractivity contribution in [3.8, 4) is 0 Å². The highest BCUT2D eigenvalue weighted by Crippen LogP contribution is 2.31. The number of esters is 1. The van der Waals surface area contributed by atoms with E-state index in [1.54, 1.807) is 0 Å². The molecule has 7 heteroatoms. The number of hydrogen-bond acceptors (Lipinski definition) is 5. The molecule has 1 aromatic heterocycles. The minimum absolute atomic E-state index is 0.0467. The van der Waals surface area contributed by atoms with E-state index in [0.717, 1.165) is 6.07 Å². The number of halogens is 2. The summed E-state index contributed by atoms with van der Waals surface area (Å²) in [6, 6.07) is 0.992. The van der Waals surface area contributed by atoms with Crippen molar-refractivity contribution in [3.63, 3.8) is 0 Å². The molecule has 0 saturated heterocycles. The molecule has 0 saturated carbocycles. The molecule has 16 heavy (non-hydrogen) atoms. The van der Waals surface area contributed by atoms with Gasteiger partial charge in [-0.15, -0.1) is 0 Å². The normalized spacial score (nSPS) is 10.7. The van der Waals surface area contributed by atoms with Gasteiger partial charge in [0, 0.05) is 12.2 Å². The van der Waals surface area contributed by atoms with Crippen molar-refractivity contribution in [1.29, 1.82) is 0 Å². The molecule has 2 rings (SSSR count). The summed E-state index contributed by atoms with van der Waals surface area (Å²) in [5.74, 6) is -1.39. The first kappa shape index (κ1) is 11.3. The Kier molecular flexibility index (Phi) is 2.81. The predicted molar refractivity (Wildman–Crippen MR) is 58.3 cm³/mol. The second-order valence-corrected chi connectivity index (χ2v) is 3.95. The molecule has 1 aromatic carbocycles. The van der Waals surface area contributed by atoms with Crippen LogP contribution in [0.25, 0.3) is 11.2 Å². The van der Waals surface area contributed by atoms with Crippen LogP contribution >= 0.6 is 28.1 Å². The standard InChI is InChI=1S/C9H4BrFO4S/c1-13-8(12)3-2-4(11)5(10)7-6(3)14-9(16)15-7/h2H,1H3. The van der Waals surface area contributed by atoms with Gasteiger partial charge in [-0.2, -0.15) is 0 Å². The molecule has 2 aromatic rings. The van der Waals surface area contributed by atoms with Gasteiger partial charge in [0.15, 0.2) is 11.2 Å². The largest absolute Gasteiger partial charge is 0.465 e. The van der Waals surface area contributed by atoms with E-state index in [9.17, 15) is 9.18 Å². The summed E-state index contributed by atoms with van der Waals surface area (Å²) in [5, 5.41) is 0. The van der Waals surface area contributed by atoms with Gasteiger partial charge in [0.2, 0.25) is 0 Å². The van der Waals surface area contributed by atoms with Crippen LogP contribution in [0.2, 0.25) is 0 Å². The summed E-state index contributed by atoms with van der Waals surface area (Å²) >= 11 is 7.64. The number of methoxy groups -OCH3 is 1. The van der Waals surface area contributed by atoms with Crippen molar-refractivity contribution in [2.24, 2.45) is 0 Å². The third kappa shape index (κ3) is 1.65. The molecule has 0 spiro atoms. The Hall–Kier alpha value is -1.21. The lowest BCUT2D eigenvalue weighted by Crippen LogP contribution is -2.02. The smallest absolute Gasteiger partial charge is 0.363 e. The van der Waals surface area contributed by atoms with E-state index in [1.165, 1.54) is 7.11 Å². The number of hydrogen-bond donors (Lipinski definition) is 0. The number of benzene rings is 1. The van der Waals surface area contributed by atoms with E-state index in [4.69, 9.17) is 8.83 Å². The molecule has 1 heterocycles. The summed E-state index contributed by atoms with van der Waals surface area (Å²) < 4.78 is 27.9. The lowest BCUT2D eigenvalue weighted by Gasteiger charge is -2.00. The maximum atomic E-state index is 13.4. The maximum absolute atomic E-state index is 13.4. The second kappa shape index (κ2) is 3.99. The highest BCUT2D eigenvalue weighted by Gasteiger charge is 2.21. The van der Waals surface area contributed by atoms with Crippen LogP contribution in [0.5, 0.6) is 0 Å². The van der Waals surface area contributed by atoms with Gasteiger partial charge in [0.1, 0.15) is 15.9 Å². The van der Waals surface area contributed by atoms with Gasteiger partial charge in [0.25, 0.3) is 0 Å². The van der Waals surface area contributed by atoms with Crippen LogP contribution in [0.4, 0.5) is 4.39 Å². The number of rotatable bonds is 1. The average Bonchev–Trinajstić information content (AvgIpc) is 2.64. The van der Waals surface area contributed by atoms with Crippen molar-refractivity contribution in [2.45, 2.75) is 0 Å². The molecule has 0 amide bonds. The molecule has 0 unspecified atom stereocenters. The Morgan fingerprint density at radius 3 is 2.75 bits per heavy atom. The first-order valence-electron chi connectivity index (χ1n) is 4.04. The fourth-order valence-corrected chi connectivity index (χ4v) is 1.77. The molecule has 0 aliphatic heterocycles. The number of carbonyl (C=O) groups excluding carboxylic acids is 1. The van der Waals surface area contributed by atoms with Gasteiger partial charge in [-0.3, -0.25) is 0 Å². The van der Waals surface area contributed by atoms with Crippen LogP contribution in [0.15, 0.2) is 19.4 Å². The third-order valence-corrected chi connectivity index (χ3v) is 2.81. The zero-order chi connectivity index (χ0) is 11.9. The molecule has 0 aliphatic carbocycles. The third-order valence-electron chi connectivity index (χ3n) is 1.91. The van der Waals surface area contributed by atoms with Crippen molar-refractivity contribution in [2.75, 3.05) is 7.11 Å². The molecule has 0 atom stereocenters. The molecule has 84 valence electrons. The van der Waals surface area contributed by atoms with Crippen LogP contribution in [-0.4, -0.2) is 13.1 Å². The van der Waals surface area contributed by atoms with Crippen LogP contribution in [0.1, 0.15) is 10.4 Å². The molecule has 0 radical (unpaired) electrons. The quantitative estimate of drug-likeness (QED) is 0.596. The lowest BCUT2D eigenvalue weighted by molar-refractivity contribution is 0.0601. The van der Waals surface area contributed by atoms with Gasteiger partial charge >= 0.3 is 10.9 Å². The zero-order valence-corrected chi connectivity index (χ0v) is 10.3. The zero-order valence-electron chi connectivity index (χ0n) is 7.87. The summed E-state index contributed by atoms with van der Waals surface area (Å²) in [4.78, 5) is 11.2. The van der Waals surface area contributed by atoms with Gasteiger partial charge in [0.05, 0.1) is 7.11 Å². The van der Waals surface area contributed by atoms with Gasteiger partial charge in [-0.1, -0.05) is 0 Å². The van der Waals surface area contributed by atoms with E-state index >= 15 is 0 Å². The van der Waals surface area contributed by atoms with E-state index in [0.29, 0.717) is 0 Å². The fourth-order valence-electron chi connectivity index (χ4n) is 1.23. The summed E-state index contributed by atoms with van der Waals surface area (Å²) in [7, 11) is 1.18. The first-order valence-corrected chi connectivity index (χ1v) is 5.24. The van der Waals surface area contributed by atoms with Crippen molar-refractivity contribution >= 4 is 45.3 Å². The predicted octanol–water partition coefficient (Wildman–Crippen LogP) is 3.44. The van der Waals surface area contributed by atoms with Gasteiger partial charge in [-0.05, 0) is 22.0 Å². The highest BCUT2D eigenvalue weighted by atomic mass is 79.9. The molecule has 0 N–H and O–H groups in total. The van der Waals surface area contributed by atoms with Crippen LogP contribution in [0, 0.1) is 10.7 Å². The SMILES string of the molecule is COC(=O)c1cc(F)c(Br)c2oc(=S)oc12. The maximum Gasteiger partial charge on any atom is 0.363 e. The van der Waals surface area contributed by atoms with E-state index in [-0.39, 0.29) is 26.1 Å². The minimum atomic E-state index is -0.726. The Morgan fingerprint density at radius 2 is 2.12 bits per heavy atom. The Morgan fingerprint density at radius 1 is 1.50 bits per heavy atom. The Bertz CT molecular complexity index is 630. The Balaban J connectivity index is 2.89. The number of carbonyl (C=O) groups is 1. The molecular formula is C9H4BrFO4S. The number of fused-ring (bicyclic) bond motifs is 1. The molecule has 0 bridgehead atoms. The van der Waals surface area contributed by atoms with E-state index in [1.807, 2.05) is 0 Å². The monoisotopic (exact) mass is 306 g/mol. The lowest BCUT2D eigenvalue weighted by atomic mass is 10.2. The van der Waals surface area contributed by atoms with Crippen LogP contribution in [0.3, 0.4) is 0 Å². The van der Waals surface area contributed by atoms with E-state index < -0.39 is 11.8 Å². The summed E-state index contributed by atoms with van der Waals surface area (Å²) in [5.41, 5.74) is 0.0357. The minimum Gasteiger partial charge on any atom is -0.465 e. The topological polar surface area (TPSA) is 52.6 Å². The summed E-state index contributed by atoms with van der Waals surface area (Å²) in [6.45, 7) is 0. The van der Waals surface area contributed by atoms with Gasteiger partial charge in [-0.25, -0.2) is 9.18 Å². The van der Waals surface area contributed by atoms with Crippen LogP contribution < -0.4 is 0 Å². The average molecular weight is 307 g/mol. The number of ether oxygens (including phenoxy) is 1. The van der Waals surface area contributed by atoms with Crippen LogP contribution in [-0.2, 0) is 4.74 Å². The molecular weight excluding hydrogens is 303 g/mol. The van der Waals surface area contributed by atoms with Crippen molar-refractivity contribution in [3.05, 3.63) is 26.8 Å². The summed E-state index contributed by atoms with van der Waals surface area (Å²) in [6.07, 6.45) is 0. The fraction of sp³-hybridized carbons (Fsp3) is 0.111. The van der Waals surface area contributed by atoms with Crippen molar-refractivity contribution in [1.82, 2.24) is 0 Å². The second-order valence-electron chi connectivity index (χ2n) is 2.82. The van der Waals surface area contributed by atoms with Crippen molar-refractivity contribution < 1.29 is 22.8 Å². The molecule has 4 nitrogen and oxygen atoms in total. The van der Waals surface area contributed by atoms with Gasteiger partial charge < -0.3 is 13.6 Å². The first-order chi connectivity index (χ1) is 7.54. The highest BCUT2D eigenvalue weighted by molar-refractivity contribution is 9.10. The molecule has 0 aliphatic rings. The molecule has 0 fully saturated rings.